The Morgan fingerprint density at radius 1 is 1.24 bits per heavy atom. The van der Waals surface area contributed by atoms with Crippen LogP contribution >= 0.6 is 11.6 Å². The highest BCUT2D eigenvalue weighted by atomic mass is 35.5. The van der Waals surface area contributed by atoms with E-state index < -0.39 is 65.3 Å². The molecule has 0 saturated carbocycles. The number of alkyl halides is 3. The molecule has 234 valence electrons. The van der Waals surface area contributed by atoms with Crippen molar-refractivity contribution in [2.45, 2.75) is 38.0 Å². The van der Waals surface area contributed by atoms with Crippen LogP contribution in [0.2, 0.25) is 5.02 Å². The number of phenolic OH excluding ortho intramolecular Hbond substituents is 1. The van der Waals surface area contributed by atoms with E-state index in [1.54, 1.807) is 17.9 Å². The minimum Gasteiger partial charge on any atom is -0.507 e. The maximum Gasteiger partial charge on any atom is 0.406 e. The summed E-state index contributed by atoms with van der Waals surface area (Å²) in [7, 11) is 0. The van der Waals surface area contributed by atoms with Crippen molar-refractivity contribution in [3.8, 4) is 28.7 Å². The first-order chi connectivity index (χ1) is 21.4. The summed E-state index contributed by atoms with van der Waals surface area (Å²) in [4.78, 5) is 27.8. The number of anilines is 1. The number of ether oxygens (including phenoxy) is 1. The van der Waals surface area contributed by atoms with Crippen molar-refractivity contribution < 1.29 is 36.6 Å². The van der Waals surface area contributed by atoms with Gasteiger partial charge in [0.1, 0.15) is 48.2 Å². The second-order valence-electron chi connectivity index (χ2n) is 10.8. The molecular formula is C28H22ClF5N8O3. The van der Waals surface area contributed by atoms with Gasteiger partial charge in [-0.15, -0.1) is 5.10 Å². The number of halogens is 6. The SMILES string of the molecule is C[C@@H]1CN2c3ncnc4c(F)c(-c5c(O)cccc5F)c(Cl)c(c34)OCC[C@H]2CC1N(CC(F)(F)F)C(=O)n1cnc(C#N)n1. The van der Waals surface area contributed by atoms with E-state index in [2.05, 4.69) is 20.1 Å². The van der Waals surface area contributed by atoms with Gasteiger partial charge in [-0.05, 0) is 24.5 Å². The van der Waals surface area contributed by atoms with Crippen LogP contribution in [0.15, 0.2) is 30.9 Å². The Bertz CT molecular complexity index is 1840. The highest BCUT2D eigenvalue weighted by molar-refractivity contribution is 6.36. The first-order valence-corrected chi connectivity index (χ1v) is 14.0. The molecule has 4 aromatic rings. The molecule has 0 radical (unpaired) electrons. The highest BCUT2D eigenvalue weighted by Gasteiger charge is 2.45. The van der Waals surface area contributed by atoms with Crippen LogP contribution in [0.1, 0.15) is 25.6 Å². The Morgan fingerprint density at radius 3 is 2.71 bits per heavy atom. The van der Waals surface area contributed by atoms with Crippen LogP contribution in [-0.4, -0.2) is 78.7 Å². The summed E-state index contributed by atoms with van der Waals surface area (Å²) >= 11 is 6.64. The minimum atomic E-state index is -4.74. The Labute approximate surface area is 256 Å². The quantitative estimate of drug-likeness (QED) is 0.294. The number of benzene rings is 2. The minimum absolute atomic E-state index is 0.0390. The number of hydrogen-bond acceptors (Lipinski definition) is 9. The topological polar surface area (TPSA) is 133 Å². The van der Waals surface area contributed by atoms with E-state index >= 15 is 4.39 Å². The number of nitrogens with zero attached hydrogens (tertiary/aromatic N) is 8. The van der Waals surface area contributed by atoms with Gasteiger partial charge in [-0.25, -0.2) is 28.5 Å². The smallest absolute Gasteiger partial charge is 0.406 e. The molecule has 6 rings (SSSR count). The van der Waals surface area contributed by atoms with E-state index in [1.807, 2.05) is 0 Å². The number of amides is 1. The number of rotatable bonds is 3. The average Bonchev–Trinajstić information content (AvgIpc) is 3.47. The second-order valence-corrected chi connectivity index (χ2v) is 11.1. The average molecular weight is 649 g/mol. The van der Waals surface area contributed by atoms with Crippen molar-refractivity contribution in [2.24, 2.45) is 5.92 Å². The summed E-state index contributed by atoms with van der Waals surface area (Å²) in [5, 5.41) is 22.8. The number of aromatic nitrogens is 5. The molecule has 17 heteroatoms. The number of fused-ring (bicyclic) bond motifs is 2. The number of nitriles is 1. The van der Waals surface area contributed by atoms with Gasteiger partial charge in [-0.2, -0.15) is 23.1 Å². The molecule has 0 bridgehead atoms. The highest BCUT2D eigenvalue weighted by Crippen LogP contribution is 2.50. The first-order valence-electron chi connectivity index (χ1n) is 13.6. The molecular weight excluding hydrogens is 627 g/mol. The van der Waals surface area contributed by atoms with Gasteiger partial charge in [0.05, 0.1) is 22.6 Å². The predicted octanol–water partition coefficient (Wildman–Crippen LogP) is 5.30. The van der Waals surface area contributed by atoms with Crippen LogP contribution in [0.5, 0.6) is 11.5 Å². The third-order valence-electron chi connectivity index (χ3n) is 7.99. The molecule has 4 heterocycles. The van der Waals surface area contributed by atoms with Crippen LogP contribution in [0.4, 0.5) is 32.6 Å². The largest absolute Gasteiger partial charge is 0.507 e. The third kappa shape index (κ3) is 5.30. The number of carbonyl (C=O) groups is 1. The normalized spacial score (nSPS) is 19.7. The molecule has 1 unspecified atom stereocenters. The molecule has 0 aliphatic carbocycles. The molecule has 1 saturated heterocycles. The zero-order valence-corrected chi connectivity index (χ0v) is 24.0. The van der Waals surface area contributed by atoms with Crippen molar-refractivity contribution in [3.63, 3.8) is 0 Å². The van der Waals surface area contributed by atoms with E-state index in [1.165, 1.54) is 12.1 Å². The number of phenols is 1. The van der Waals surface area contributed by atoms with Crippen LogP contribution in [0.25, 0.3) is 22.0 Å². The number of carbonyl (C=O) groups excluding carboxylic acids is 1. The Hall–Kier alpha value is -4.78. The van der Waals surface area contributed by atoms with Crippen LogP contribution in [0.3, 0.4) is 0 Å². The molecule has 1 N–H and O–H groups in total. The molecule has 2 aliphatic heterocycles. The fraction of sp³-hybridized carbons (Fsp3) is 0.357. The molecule has 11 nitrogen and oxygen atoms in total. The van der Waals surface area contributed by atoms with Crippen molar-refractivity contribution in [1.82, 2.24) is 29.6 Å². The van der Waals surface area contributed by atoms with Gasteiger partial charge in [0.25, 0.3) is 5.82 Å². The summed E-state index contributed by atoms with van der Waals surface area (Å²) in [5.74, 6) is -3.30. The van der Waals surface area contributed by atoms with Gasteiger partial charge in [0.2, 0.25) is 0 Å². The van der Waals surface area contributed by atoms with Crippen molar-refractivity contribution in [1.29, 1.82) is 5.26 Å². The monoisotopic (exact) mass is 648 g/mol. The van der Waals surface area contributed by atoms with Gasteiger partial charge in [-0.1, -0.05) is 24.6 Å². The Morgan fingerprint density at radius 2 is 2.02 bits per heavy atom. The summed E-state index contributed by atoms with van der Waals surface area (Å²) in [5.41, 5.74) is -1.18. The molecule has 1 fully saturated rings. The van der Waals surface area contributed by atoms with Gasteiger partial charge >= 0.3 is 12.2 Å². The van der Waals surface area contributed by atoms with Crippen LogP contribution in [-0.2, 0) is 0 Å². The maximum absolute atomic E-state index is 16.1. The molecule has 2 aromatic heterocycles. The van der Waals surface area contributed by atoms with E-state index in [9.17, 15) is 27.5 Å². The summed E-state index contributed by atoms with van der Waals surface area (Å²) in [6.45, 7) is 0.157. The Kier molecular flexibility index (Phi) is 7.59. The predicted molar refractivity (Wildman–Crippen MR) is 149 cm³/mol. The van der Waals surface area contributed by atoms with E-state index in [-0.39, 0.29) is 59.3 Å². The third-order valence-corrected chi connectivity index (χ3v) is 8.35. The van der Waals surface area contributed by atoms with Gasteiger partial charge in [0, 0.05) is 30.6 Å². The summed E-state index contributed by atoms with van der Waals surface area (Å²) < 4.78 is 78.8. The number of hydrogen-bond donors (Lipinski definition) is 1. The number of piperidine rings is 1. The van der Waals surface area contributed by atoms with E-state index in [4.69, 9.17) is 21.6 Å². The number of aromatic hydroxyl groups is 1. The van der Waals surface area contributed by atoms with Gasteiger partial charge in [-0.3, -0.25) is 0 Å². The lowest BCUT2D eigenvalue weighted by molar-refractivity contribution is -0.146. The van der Waals surface area contributed by atoms with Crippen LogP contribution in [0, 0.1) is 28.9 Å². The molecule has 2 aromatic carbocycles. The zero-order chi connectivity index (χ0) is 32.2. The fourth-order valence-electron chi connectivity index (χ4n) is 6.06. The second kappa shape index (κ2) is 11.3. The standard InChI is InChI=1S/C28H22ClF5N8O3/c1-13-9-40-14(7-16(13)41(10-28(32,33)34)27(44)42-12-38-18(8-35)39-42)5-6-45-25-21-24(36-11-37-26(21)40)23(31)20(22(25)29)19-15(30)3-2-4-17(19)43/h2-4,11-14,16,43H,5-7,9-10H2,1H3/t13-,14+,16?/m1/s1. The molecule has 0 spiro atoms. The zero-order valence-electron chi connectivity index (χ0n) is 23.3. The van der Waals surface area contributed by atoms with Gasteiger partial charge < -0.3 is 19.6 Å². The molecule has 45 heavy (non-hydrogen) atoms. The van der Waals surface area contributed by atoms with Crippen molar-refractivity contribution >= 4 is 34.4 Å². The fourth-order valence-corrected chi connectivity index (χ4v) is 6.39. The summed E-state index contributed by atoms with van der Waals surface area (Å²) in [6, 6.07) is 2.56. The lowest BCUT2D eigenvalue weighted by Crippen LogP contribution is -2.59. The molecule has 2 aliphatic rings. The Balaban J connectivity index is 1.42. The lowest BCUT2D eigenvalue weighted by Gasteiger charge is -2.48. The van der Waals surface area contributed by atoms with E-state index in [0.29, 0.717) is 9.58 Å². The molecule has 1 amide bonds. The van der Waals surface area contributed by atoms with Crippen molar-refractivity contribution in [2.75, 3.05) is 24.6 Å². The lowest BCUT2D eigenvalue weighted by atomic mass is 9.85. The molecule has 3 atom stereocenters. The van der Waals surface area contributed by atoms with Crippen molar-refractivity contribution in [3.05, 3.63) is 53.3 Å². The van der Waals surface area contributed by atoms with E-state index in [0.717, 1.165) is 18.7 Å². The first kappa shape index (κ1) is 30.3. The van der Waals surface area contributed by atoms with Gasteiger partial charge in [0.15, 0.2) is 11.6 Å². The van der Waals surface area contributed by atoms with Crippen LogP contribution < -0.4 is 9.64 Å². The maximum atomic E-state index is 16.1. The summed E-state index contributed by atoms with van der Waals surface area (Å²) in [6.07, 6.45) is -2.49.